The molecule has 0 saturated carbocycles. The third-order valence-electron chi connectivity index (χ3n) is 4.30. The average Bonchev–Trinajstić information content (AvgIpc) is 3.23. The maximum atomic E-state index is 5.52. The lowest BCUT2D eigenvalue weighted by Gasteiger charge is -2.17. The van der Waals surface area contributed by atoms with Gasteiger partial charge in [0.2, 0.25) is 6.79 Å². The highest BCUT2D eigenvalue weighted by Crippen LogP contribution is 2.37. The van der Waals surface area contributed by atoms with E-state index >= 15 is 0 Å². The van der Waals surface area contributed by atoms with Gasteiger partial charge in [-0.25, -0.2) is 4.98 Å². The zero-order valence-electron chi connectivity index (χ0n) is 15.5. The fourth-order valence-corrected chi connectivity index (χ4v) is 4.49. The van der Waals surface area contributed by atoms with Crippen molar-refractivity contribution >= 4 is 38.1 Å². The van der Waals surface area contributed by atoms with Crippen molar-refractivity contribution in [1.29, 1.82) is 0 Å². The molecule has 0 bridgehead atoms. The second-order valence-electron chi connectivity index (χ2n) is 7.54. The largest absolute Gasteiger partial charge is 0.454 e. The van der Waals surface area contributed by atoms with E-state index in [-0.39, 0.29) is 5.41 Å². The first kappa shape index (κ1) is 18.3. The Kier molecular flexibility index (Phi) is 4.86. The smallest absolute Gasteiger partial charge is 0.231 e. The summed E-state index contributed by atoms with van der Waals surface area (Å²) in [5.74, 6) is 1.64. The van der Waals surface area contributed by atoms with E-state index in [0.29, 0.717) is 6.79 Å². The summed E-state index contributed by atoms with van der Waals surface area (Å²) in [5.41, 5.74) is 3.33. The molecule has 0 spiro atoms. The standard InChI is InChI=1S/C21H21BrN2O2S/c1-21(2,3)19-18(11-13-4-9-16-17(10-13)26-12-25-16)27-20(24-19)23-15-7-5-14(22)6-8-15/h4-10H,11-12H2,1-3H3,(H,23,24). The molecular formula is C21H21BrN2O2S. The summed E-state index contributed by atoms with van der Waals surface area (Å²) in [7, 11) is 0. The lowest BCUT2D eigenvalue weighted by molar-refractivity contribution is 0.174. The minimum Gasteiger partial charge on any atom is -0.454 e. The molecule has 6 heteroatoms. The Bertz CT molecular complexity index is 961. The Morgan fingerprint density at radius 3 is 2.56 bits per heavy atom. The van der Waals surface area contributed by atoms with Crippen molar-refractivity contribution in [3.63, 3.8) is 0 Å². The Labute approximate surface area is 171 Å². The Morgan fingerprint density at radius 2 is 1.81 bits per heavy atom. The number of thiazole rings is 1. The van der Waals surface area contributed by atoms with Gasteiger partial charge < -0.3 is 14.8 Å². The quantitative estimate of drug-likeness (QED) is 0.514. The van der Waals surface area contributed by atoms with E-state index in [9.17, 15) is 0 Å². The molecular weight excluding hydrogens is 424 g/mol. The SMILES string of the molecule is CC(C)(C)c1nc(Nc2ccc(Br)cc2)sc1Cc1ccc2c(c1)OCO2. The second-order valence-corrected chi connectivity index (χ2v) is 9.54. The number of rotatable bonds is 4. The lowest BCUT2D eigenvalue weighted by atomic mass is 9.90. The number of nitrogens with one attached hydrogen (secondary N) is 1. The van der Waals surface area contributed by atoms with Crippen LogP contribution in [-0.4, -0.2) is 11.8 Å². The molecule has 0 radical (unpaired) electrons. The third kappa shape index (κ3) is 4.12. The summed E-state index contributed by atoms with van der Waals surface area (Å²) in [4.78, 5) is 6.17. The van der Waals surface area contributed by atoms with Crippen molar-refractivity contribution in [3.05, 3.63) is 63.1 Å². The normalized spacial score (nSPS) is 13.0. The molecule has 1 aromatic heterocycles. The van der Waals surface area contributed by atoms with E-state index in [1.54, 1.807) is 11.3 Å². The predicted octanol–water partition coefficient (Wildman–Crippen LogP) is 6.27. The van der Waals surface area contributed by atoms with Gasteiger partial charge in [0.25, 0.3) is 0 Å². The number of hydrogen-bond acceptors (Lipinski definition) is 5. The lowest BCUT2D eigenvalue weighted by Crippen LogP contribution is -2.14. The molecule has 27 heavy (non-hydrogen) atoms. The molecule has 1 aliphatic heterocycles. The minimum absolute atomic E-state index is 0.0260. The molecule has 4 nitrogen and oxygen atoms in total. The predicted molar refractivity (Wildman–Crippen MR) is 114 cm³/mol. The number of nitrogens with zero attached hydrogens (tertiary/aromatic N) is 1. The number of hydrogen-bond donors (Lipinski definition) is 1. The molecule has 0 saturated heterocycles. The average molecular weight is 445 g/mol. The van der Waals surface area contributed by atoms with Crippen LogP contribution < -0.4 is 14.8 Å². The summed E-state index contributed by atoms with van der Waals surface area (Å²) in [6.45, 7) is 6.91. The topological polar surface area (TPSA) is 43.4 Å². The van der Waals surface area contributed by atoms with E-state index in [1.807, 2.05) is 30.3 Å². The Morgan fingerprint density at radius 1 is 1.07 bits per heavy atom. The number of benzene rings is 2. The van der Waals surface area contributed by atoms with Gasteiger partial charge in [0.15, 0.2) is 16.6 Å². The van der Waals surface area contributed by atoms with Crippen LogP contribution in [0, 0.1) is 0 Å². The molecule has 2 aromatic carbocycles. The number of ether oxygens (including phenoxy) is 2. The van der Waals surface area contributed by atoms with Crippen LogP contribution in [0.5, 0.6) is 11.5 Å². The van der Waals surface area contributed by atoms with Gasteiger partial charge >= 0.3 is 0 Å². The van der Waals surface area contributed by atoms with Crippen molar-refractivity contribution in [2.75, 3.05) is 12.1 Å². The first-order chi connectivity index (χ1) is 12.9. The first-order valence-electron chi connectivity index (χ1n) is 8.80. The molecule has 140 valence electrons. The molecule has 2 heterocycles. The van der Waals surface area contributed by atoms with Crippen LogP contribution in [0.25, 0.3) is 0 Å². The number of anilines is 2. The number of aromatic nitrogens is 1. The number of fused-ring (bicyclic) bond motifs is 1. The van der Waals surface area contributed by atoms with Crippen LogP contribution >= 0.6 is 27.3 Å². The summed E-state index contributed by atoms with van der Waals surface area (Å²) in [5, 5.41) is 4.35. The Hall–Kier alpha value is -2.05. The van der Waals surface area contributed by atoms with Crippen LogP contribution in [0.3, 0.4) is 0 Å². The second kappa shape index (κ2) is 7.17. The van der Waals surface area contributed by atoms with E-state index in [4.69, 9.17) is 14.5 Å². The zero-order valence-corrected chi connectivity index (χ0v) is 17.9. The molecule has 1 aliphatic rings. The van der Waals surface area contributed by atoms with Crippen LogP contribution in [0.1, 0.15) is 36.9 Å². The minimum atomic E-state index is -0.0260. The van der Waals surface area contributed by atoms with Gasteiger partial charge in [-0.05, 0) is 42.0 Å². The zero-order chi connectivity index (χ0) is 19.0. The van der Waals surface area contributed by atoms with Crippen LogP contribution in [-0.2, 0) is 11.8 Å². The van der Waals surface area contributed by atoms with Gasteiger partial charge in [-0.3, -0.25) is 0 Å². The van der Waals surface area contributed by atoms with Crippen LogP contribution in [0.15, 0.2) is 46.9 Å². The van der Waals surface area contributed by atoms with Crippen molar-refractivity contribution in [2.45, 2.75) is 32.6 Å². The summed E-state index contributed by atoms with van der Waals surface area (Å²) in [6, 6.07) is 14.3. The summed E-state index contributed by atoms with van der Waals surface area (Å²) >= 11 is 5.18. The molecule has 4 rings (SSSR count). The van der Waals surface area contributed by atoms with Crippen molar-refractivity contribution in [3.8, 4) is 11.5 Å². The highest BCUT2D eigenvalue weighted by Gasteiger charge is 2.24. The highest BCUT2D eigenvalue weighted by atomic mass is 79.9. The summed E-state index contributed by atoms with van der Waals surface area (Å²) in [6.07, 6.45) is 0.822. The van der Waals surface area contributed by atoms with E-state index in [1.165, 1.54) is 10.4 Å². The Balaban J connectivity index is 1.62. The van der Waals surface area contributed by atoms with E-state index < -0.39 is 0 Å². The molecule has 3 aromatic rings. The van der Waals surface area contributed by atoms with Gasteiger partial charge in [0, 0.05) is 26.9 Å². The van der Waals surface area contributed by atoms with Gasteiger partial charge in [-0.2, -0.15) is 0 Å². The van der Waals surface area contributed by atoms with E-state index in [0.717, 1.165) is 38.9 Å². The van der Waals surface area contributed by atoms with E-state index in [2.05, 4.69) is 54.2 Å². The van der Waals surface area contributed by atoms with Crippen molar-refractivity contribution in [2.24, 2.45) is 0 Å². The van der Waals surface area contributed by atoms with Gasteiger partial charge in [0.1, 0.15) is 0 Å². The van der Waals surface area contributed by atoms with Gasteiger partial charge in [-0.15, -0.1) is 11.3 Å². The molecule has 0 aliphatic carbocycles. The fraction of sp³-hybridized carbons (Fsp3) is 0.286. The monoisotopic (exact) mass is 444 g/mol. The number of halogens is 1. The molecule has 0 atom stereocenters. The first-order valence-corrected chi connectivity index (χ1v) is 10.4. The summed E-state index contributed by atoms with van der Waals surface area (Å²) < 4.78 is 12.0. The molecule has 0 amide bonds. The highest BCUT2D eigenvalue weighted by molar-refractivity contribution is 9.10. The fourth-order valence-electron chi connectivity index (χ4n) is 3.00. The van der Waals surface area contributed by atoms with Crippen molar-refractivity contribution in [1.82, 2.24) is 4.98 Å². The molecule has 0 unspecified atom stereocenters. The maximum Gasteiger partial charge on any atom is 0.231 e. The maximum absolute atomic E-state index is 5.52. The molecule has 0 fully saturated rings. The van der Waals surface area contributed by atoms with Crippen LogP contribution in [0.2, 0.25) is 0 Å². The van der Waals surface area contributed by atoms with Gasteiger partial charge in [-0.1, -0.05) is 42.8 Å². The third-order valence-corrected chi connectivity index (χ3v) is 5.80. The van der Waals surface area contributed by atoms with Crippen LogP contribution in [0.4, 0.5) is 10.8 Å². The molecule has 1 N–H and O–H groups in total. The van der Waals surface area contributed by atoms with Gasteiger partial charge in [0.05, 0.1) is 5.69 Å². The van der Waals surface area contributed by atoms with Crippen molar-refractivity contribution < 1.29 is 9.47 Å².